The van der Waals surface area contributed by atoms with Crippen molar-refractivity contribution in [1.82, 2.24) is 4.90 Å². The average Bonchev–Trinajstić information content (AvgIpc) is 2.16. The van der Waals surface area contributed by atoms with E-state index in [1.807, 2.05) is 19.1 Å². The molecule has 74 valence electrons. The lowest BCUT2D eigenvalue weighted by atomic mass is 10.1. The molecule has 2 N–H and O–H groups in total. The van der Waals surface area contributed by atoms with Crippen LogP contribution >= 0.6 is 12.2 Å². The van der Waals surface area contributed by atoms with Gasteiger partial charge in [0.25, 0.3) is 5.91 Å². The summed E-state index contributed by atoms with van der Waals surface area (Å²) in [5.74, 6) is -0.183. The van der Waals surface area contributed by atoms with Crippen molar-refractivity contribution in [3.8, 4) is 0 Å². The van der Waals surface area contributed by atoms with Gasteiger partial charge in [0, 0.05) is 12.6 Å². The Labute approximate surface area is 88.5 Å². The Morgan fingerprint density at radius 3 is 2.29 bits per heavy atom. The smallest absolute Gasteiger partial charge is 0.259 e. The number of thiocarbonyl (C=S) groups is 1. The van der Waals surface area contributed by atoms with E-state index < -0.39 is 0 Å². The summed E-state index contributed by atoms with van der Waals surface area (Å²) in [6, 6.07) is 7.26. The normalized spacial score (nSPS) is 9.57. The van der Waals surface area contributed by atoms with Gasteiger partial charge < -0.3 is 5.73 Å². The molecule has 0 radical (unpaired) electrons. The highest BCUT2D eigenvalue weighted by atomic mass is 32.1. The maximum Gasteiger partial charge on any atom is 0.259 e. The first-order chi connectivity index (χ1) is 6.52. The van der Waals surface area contributed by atoms with Crippen LogP contribution in [-0.4, -0.2) is 23.0 Å². The predicted octanol–water partition coefficient (Wildman–Crippen LogP) is 1.31. The average molecular weight is 208 g/mol. The van der Waals surface area contributed by atoms with Gasteiger partial charge in [0.15, 0.2) is 5.11 Å². The Bertz CT molecular complexity index is 359. The van der Waals surface area contributed by atoms with E-state index in [1.54, 1.807) is 19.2 Å². The first-order valence-electron chi connectivity index (χ1n) is 4.16. The topological polar surface area (TPSA) is 46.3 Å². The van der Waals surface area contributed by atoms with Crippen molar-refractivity contribution in [2.75, 3.05) is 7.05 Å². The van der Waals surface area contributed by atoms with Gasteiger partial charge in [-0.05, 0) is 31.3 Å². The maximum absolute atomic E-state index is 11.7. The molecule has 14 heavy (non-hydrogen) atoms. The molecule has 0 spiro atoms. The number of nitrogens with zero attached hydrogens (tertiary/aromatic N) is 1. The van der Waals surface area contributed by atoms with Crippen LogP contribution in [0.4, 0.5) is 0 Å². The summed E-state index contributed by atoms with van der Waals surface area (Å²) in [6.45, 7) is 1.96. The van der Waals surface area contributed by atoms with Gasteiger partial charge in [-0.3, -0.25) is 9.69 Å². The molecule has 0 atom stereocenters. The minimum absolute atomic E-state index is 0.0792. The molecule has 0 bridgehead atoms. The minimum atomic E-state index is -0.183. The summed E-state index contributed by atoms with van der Waals surface area (Å²) < 4.78 is 0. The van der Waals surface area contributed by atoms with Crippen molar-refractivity contribution in [3.05, 3.63) is 35.4 Å². The molecule has 0 aliphatic rings. The lowest BCUT2D eigenvalue weighted by molar-refractivity contribution is 0.0872. The van der Waals surface area contributed by atoms with Gasteiger partial charge in [0.2, 0.25) is 0 Å². The molecule has 0 heterocycles. The van der Waals surface area contributed by atoms with Gasteiger partial charge in [-0.15, -0.1) is 0 Å². The van der Waals surface area contributed by atoms with Crippen LogP contribution in [0.1, 0.15) is 15.9 Å². The Morgan fingerprint density at radius 2 is 1.86 bits per heavy atom. The number of carbonyl (C=O) groups is 1. The molecule has 0 aromatic heterocycles. The number of benzene rings is 1. The number of amides is 1. The summed E-state index contributed by atoms with van der Waals surface area (Å²) in [4.78, 5) is 12.9. The van der Waals surface area contributed by atoms with E-state index in [-0.39, 0.29) is 11.0 Å². The number of rotatable bonds is 1. The zero-order valence-corrected chi connectivity index (χ0v) is 8.97. The summed E-state index contributed by atoms with van der Waals surface area (Å²) in [7, 11) is 1.56. The van der Waals surface area contributed by atoms with Crippen LogP contribution < -0.4 is 5.73 Å². The Hall–Kier alpha value is -1.42. The second kappa shape index (κ2) is 4.19. The number of carbonyl (C=O) groups excluding carboxylic acids is 1. The van der Waals surface area contributed by atoms with E-state index in [0.29, 0.717) is 5.56 Å². The molecule has 0 fully saturated rings. The fourth-order valence-corrected chi connectivity index (χ4v) is 1.07. The van der Waals surface area contributed by atoms with Gasteiger partial charge in [-0.1, -0.05) is 17.7 Å². The molecular weight excluding hydrogens is 196 g/mol. The van der Waals surface area contributed by atoms with E-state index in [0.717, 1.165) is 5.56 Å². The quantitative estimate of drug-likeness (QED) is 0.708. The zero-order valence-electron chi connectivity index (χ0n) is 8.15. The largest absolute Gasteiger partial charge is 0.376 e. The van der Waals surface area contributed by atoms with Gasteiger partial charge in [0.1, 0.15) is 0 Å². The number of hydrogen-bond acceptors (Lipinski definition) is 2. The van der Waals surface area contributed by atoms with E-state index in [1.165, 1.54) is 4.90 Å². The highest BCUT2D eigenvalue weighted by Crippen LogP contribution is 2.05. The molecule has 0 aliphatic heterocycles. The Balaban J connectivity index is 2.90. The van der Waals surface area contributed by atoms with Crippen molar-refractivity contribution < 1.29 is 4.79 Å². The van der Waals surface area contributed by atoms with E-state index in [2.05, 4.69) is 0 Å². The van der Waals surface area contributed by atoms with Gasteiger partial charge in [-0.25, -0.2) is 0 Å². The molecule has 1 aromatic carbocycles. The molecule has 1 aromatic rings. The zero-order chi connectivity index (χ0) is 10.7. The molecule has 0 unspecified atom stereocenters. The number of hydrogen-bond donors (Lipinski definition) is 1. The van der Waals surface area contributed by atoms with Gasteiger partial charge in [-0.2, -0.15) is 0 Å². The second-order valence-corrected chi connectivity index (χ2v) is 3.49. The second-order valence-electron chi connectivity index (χ2n) is 3.07. The fourth-order valence-electron chi connectivity index (χ4n) is 0.990. The van der Waals surface area contributed by atoms with E-state index in [4.69, 9.17) is 18.0 Å². The maximum atomic E-state index is 11.7. The molecule has 3 nitrogen and oxygen atoms in total. The lowest BCUT2D eigenvalue weighted by Gasteiger charge is -2.14. The lowest BCUT2D eigenvalue weighted by Crippen LogP contribution is -2.36. The Kier molecular flexibility index (Phi) is 3.19. The van der Waals surface area contributed by atoms with Crippen LogP contribution in [0, 0.1) is 6.92 Å². The van der Waals surface area contributed by atoms with Crippen LogP contribution in [0.25, 0.3) is 0 Å². The van der Waals surface area contributed by atoms with Crippen LogP contribution in [0.15, 0.2) is 24.3 Å². The first kappa shape index (κ1) is 10.7. The highest BCUT2D eigenvalue weighted by Gasteiger charge is 2.12. The fraction of sp³-hybridized carbons (Fsp3) is 0.200. The third kappa shape index (κ3) is 2.29. The Morgan fingerprint density at radius 1 is 1.36 bits per heavy atom. The first-order valence-corrected chi connectivity index (χ1v) is 4.57. The van der Waals surface area contributed by atoms with Crippen LogP contribution in [0.2, 0.25) is 0 Å². The SMILES string of the molecule is Cc1ccc(C(=O)N(C)C(N)=S)cc1. The van der Waals surface area contributed by atoms with Crippen molar-refractivity contribution in [2.24, 2.45) is 5.73 Å². The van der Waals surface area contributed by atoms with Crippen molar-refractivity contribution in [1.29, 1.82) is 0 Å². The number of nitrogens with two attached hydrogens (primary N) is 1. The van der Waals surface area contributed by atoms with Crippen LogP contribution in [0.3, 0.4) is 0 Å². The molecule has 0 saturated heterocycles. The molecular formula is C10H12N2OS. The summed E-state index contributed by atoms with van der Waals surface area (Å²) in [6.07, 6.45) is 0. The molecule has 1 rings (SSSR count). The molecule has 4 heteroatoms. The molecule has 1 amide bonds. The predicted molar refractivity (Wildman–Crippen MR) is 60.1 cm³/mol. The molecule has 0 aliphatic carbocycles. The summed E-state index contributed by atoms with van der Waals surface area (Å²) >= 11 is 4.70. The highest BCUT2D eigenvalue weighted by molar-refractivity contribution is 7.80. The van der Waals surface area contributed by atoms with E-state index >= 15 is 0 Å². The summed E-state index contributed by atoms with van der Waals surface area (Å²) in [5, 5.41) is 0.0792. The van der Waals surface area contributed by atoms with Gasteiger partial charge in [0.05, 0.1) is 0 Å². The standard InChI is InChI=1S/C10H12N2OS/c1-7-3-5-8(6-4-7)9(13)12(2)10(11)14/h3-6H,1-2H3,(H2,11,14). The van der Waals surface area contributed by atoms with Crippen molar-refractivity contribution in [3.63, 3.8) is 0 Å². The summed E-state index contributed by atoms with van der Waals surface area (Å²) in [5.41, 5.74) is 7.04. The van der Waals surface area contributed by atoms with Crippen molar-refractivity contribution >= 4 is 23.2 Å². The van der Waals surface area contributed by atoms with E-state index in [9.17, 15) is 4.79 Å². The third-order valence-corrected chi connectivity index (χ3v) is 2.21. The minimum Gasteiger partial charge on any atom is -0.376 e. The van der Waals surface area contributed by atoms with Crippen LogP contribution in [0.5, 0.6) is 0 Å². The monoisotopic (exact) mass is 208 g/mol. The molecule has 0 saturated carbocycles. The van der Waals surface area contributed by atoms with Gasteiger partial charge >= 0.3 is 0 Å². The number of aryl methyl sites for hydroxylation is 1. The van der Waals surface area contributed by atoms with Crippen molar-refractivity contribution in [2.45, 2.75) is 6.92 Å². The third-order valence-electron chi connectivity index (χ3n) is 1.93. The van der Waals surface area contributed by atoms with Crippen LogP contribution in [-0.2, 0) is 0 Å².